The molecule has 0 unspecified atom stereocenters. The van der Waals surface area contributed by atoms with Gasteiger partial charge in [0.2, 0.25) is 5.88 Å². The van der Waals surface area contributed by atoms with Gasteiger partial charge in [0.15, 0.2) is 0 Å². The summed E-state index contributed by atoms with van der Waals surface area (Å²) in [6.07, 6.45) is 1.58. The first-order valence-electron chi connectivity index (χ1n) is 5.27. The van der Waals surface area contributed by atoms with E-state index in [-0.39, 0.29) is 6.01 Å². The summed E-state index contributed by atoms with van der Waals surface area (Å²) in [6, 6.07) is 8.99. The minimum atomic E-state index is 0.238. The van der Waals surface area contributed by atoms with Gasteiger partial charge < -0.3 is 15.2 Å². The predicted octanol–water partition coefficient (Wildman–Crippen LogP) is 2.25. The Morgan fingerprint density at radius 2 is 2.18 bits per heavy atom. The highest BCUT2D eigenvalue weighted by molar-refractivity contribution is 5.44. The van der Waals surface area contributed by atoms with Crippen molar-refractivity contribution >= 4 is 5.69 Å². The van der Waals surface area contributed by atoms with Crippen LogP contribution in [-0.4, -0.2) is 16.6 Å². The lowest BCUT2D eigenvalue weighted by Crippen LogP contribution is -1.97. The first-order valence-corrected chi connectivity index (χ1v) is 5.27. The molecule has 1 heterocycles. The molecule has 1 aromatic heterocycles. The molecule has 0 bridgehead atoms. The molecule has 0 aliphatic carbocycles. The van der Waals surface area contributed by atoms with Crippen LogP contribution in [0, 0.1) is 0 Å². The maximum absolute atomic E-state index is 5.64. The minimum Gasteiger partial charge on any atom is -0.478 e. The van der Waals surface area contributed by atoms with Gasteiger partial charge >= 0.3 is 6.01 Å². The Morgan fingerprint density at radius 3 is 2.94 bits per heavy atom. The Balaban J connectivity index is 2.15. The minimum absolute atomic E-state index is 0.238. The van der Waals surface area contributed by atoms with E-state index in [1.165, 1.54) is 0 Å². The molecule has 2 rings (SSSR count). The highest BCUT2D eigenvalue weighted by atomic mass is 16.5. The Kier molecular flexibility index (Phi) is 3.40. The van der Waals surface area contributed by atoms with E-state index in [9.17, 15) is 0 Å². The van der Waals surface area contributed by atoms with Crippen LogP contribution >= 0.6 is 0 Å². The molecule has 0 saturated carbocycles. The summed E-state index contributed by atoms with van der Waals surface area (Å²) < 4.78 is 10.7. The third kappa shape index (κ3) is 3.07. The largest absolute Gasteiger partial charge is 0.478 e. The van der Waals surface area contributed by atoms with Crippen molar-refractivity contribution in [3.05, 3.63) is 36.5 Å². The van der Waals surface area contributed by atoms with Crippen molar-refractivity contribution in [1.82, 2.24) is 9.97 Å². The van der Waals surface area contributed by atoms with Gasteiger partial charge in [0, 0.05) is 24.0 Å². The first kappa shape index (κ1) is 11.2. The van der Waals surface area contributed by atoms with Crippen LogP contribution in [0.25, 0.3) is 0 Å². The van der Waals surface area contributed by atoms with Crippen LogP contribution in [-0.2, 0) is 0 Å². The van der Waals surface area contributed by atoms with Gasteiger partial charge in [0.1, 0.15) is 5.75 Å². The van der Waals surface area contributed by atoms with Gasteiger partial charge in [0.05, 0.1) is 6.61 Å². The van der Waals surface area contributed by atoms with E-state index in [0.29, 0.717) is 23.9 Å². The van der Waals surface area contributed by atoms with Gasteiger partial charge in [0.25, 0.3) is 0 Å². The summed E-state index contributed by atoms with van der Waals surface area (Å²) in [5.41, 5.74) is 6.27. The Hall–Kier alpha value is -2.30. The summed E-state index contributed by atoms with van der Waals surface area (Å²) in [7, 11) is 0. The molecule has 2 N–H and O–H groups in total. The third-order valence-electron chi connectivity index (χ3n) is 1.97. The standard InChI is InChI=1S/C12H13N3O2/c1-2-16-11-6-7-14-12(15-11)17-10-5-3-4-9(13)8-10/h3-8H,2,13H2,1H3. The number of nitrogen functional groups attached to an aromatic ring is 1. The van der Waals surface area contributed by atoms with Crippen molar-refractivity contribution in [3.63, 3.8) is 0 Å². The van der Waals surface area contributed by atoms with Crippen molar-refractivity contribution < 1.29 is 9.47 Å². The molecule has 0 aliphatic rings. The summed E-state index contributed by atoms with van der Waals surface area (Å²) in [5, 5.41) is 0. The number of nitrogens with two attached hydrogens (primary N) is 1. The van der Waals surface area contributed by atoms with Gasteiger partial charge in [-0.1, -0.05) is 6.07 Å². The topological polar surface area (TPSA) is 70.3 Å². The molecule has 0 fully saturated rings. The Bertz CT molecular complexity index is 503. The molecule has 0 saturated heterocycles. The van der Waals surface area contributed by atoms with Gasteiger partial charge in [-0.05, 0) is 19.1 Å². The number of hydrogen-bond acceptors (Lipinski definition) is 5. The molecule has 5 heteroatoms. The summed E-state index contributed by atoms with van der Waals surface area (Å²) in [4.78, 5) is 8.08. The molecule has 5 nitrogen and oxygen atoms in total. The molecular weight excluding hydrogens is 218 g/mol. The number of anilines is 1. The lowest BCUT2D eigenvalue weighted by Gasteiger charge is -2.06. The molecule has 2 aromatic rings. The maximum atomic E-state index is 5.64. The predicted molar refractivity (Wildman–Crippen MR) is 64.1 cm³/mol. The summed E-state index contributed by atoms with van der Waals surface area (Å²) in [6.45, 7) is 2.44. The molecule has 0 amide bonds. The molecule has 17 heavy (non-hydrogen) atoms. The molecule has 1 aromatic carbocycles. The van der Waals surface area contributed by atoms with Gasteiger partial charge in [-0.3, -0.25) is 0 Å². The summed E-state index contributed by atoms with van der Waals surface area (Å²) in [5.74, 6) is 1.08. The number of ether oxygens (including phenoxy) is 2. The lowest BCUT2D eigenvalue weighted by molar-refractivity contribution is 0.318. The molecule has 0 aliphatic heterocycles. The van der Waals surface area contributed by atoms with E-state index in [1.54, 1.807) is 36.5 Å². The lowest BCUT2D eigenvalue weighted by atomic mass is 10.3. The van der Waals surface area contributed by atoms with Crippen LogP contribution < -0.4 is 15.2 Å². The van der Waals surface area contributed by atoms with E-state index in [0.717, 1.165) is 0 Å². The second kappa shape index (κ2) is 5.16. The van der Waals surface area contributed by atoms with Crippen LogP contribution in [0.4, 0.5) is 5.69 Å². The van der Waals surface area contributed by atoms with Crippen molar-refractivity contribution in [3.8, 4) is 17.6 Å². The van der Waals surface area contributed by atoms with Crippen LogP contribution in [0.15, 0.2) is 36.5 Å². The van der Waals surface area contributed by atoms with Crippen LogP contribution in [0.3, 0.4) is 0 Å². The van der Waals surface area contributed by atoms with Crippen LogP contribution in [0.2, 0.25) is 0 Å². The van der Waals surface area contributed by atoms with E-state index in [4.69, 9.17) is 15.2 Å². The average molecular weight is 231 g/mol. The maximum Gasteiger partial charge on any atom is 0.325 e. The smallest absolute Gasteiger partial charge is 0.325 e. The fourth-order valence-electron chi connectivity index (χ4n) is 1.29. The van der Waals surface area contributed by atoms with Gasteiger partial charge in [-0.2, -0.15) is 4.98 Å². The number of rotatable bonds is 4. The Morgan fingerprint density at radius 1 is 1.29 bits per heavy atom. The SMILES string of the molecule is CCOc1ccnc(Oc2cccc(N)c2)n1. The van der Waals surface area contributed by atoms with Crippen molar-refractivity contribution in [2.24, 2.45) is 0 Å². The van der Waals surface area contributed by atoms with Gasteiger partial charge in [-0.25, -0.2) is 4.98 Å². The van der Waals surface area contributed by atoms with Crippen molar-refractivity contribution in [2.45, 2.75) is 6.92 Å². The fourth-order valence-corrected chi connectivity index (χ4v) is 1.29. The fraction of sp³-hybridized carbons (Fsp3) is 0.167. The zero-order chi connectivity index (χ0) is 12.1. The van der Waals surface area contributed by atoms with E-state index in [1.807, 2.05) is 6.92 Å². The van der Waals surface area contributed by atoms with Crippen LogP contribution in [0.5, 0.6) is 17.6 Å². The number of aromatic nitrogens is 2. The molecule has 0 spiro atoms. The zero-order valence-corrected chi connectivity index (χ0v) is 9.46. The highest BCUT2D eigenvalue weighted by Gasteiger charge is 2.02. The van der Waals surface area contributed by atoms with Gasteiger partial charge in [-0.15, -0.1) is 0 Å². The average Bonchev–Trinajstić information content (AvgIpc) is 2.30. The quantitative estimate of drug-likeness (QED) is 0.817. The highest BCUT2D eigenvalue weighted by Crippen LogP contribution is 2.21. The molecule has 0 radical (unpaired) electrons. The molecule has 0 atom stereocenters. The molecular formula is C12H13N3O2. The molecule has 88 valence electrons. The summed E-state index contributed by atoms with van der Waals surface area (Å²) >= 11 is 0. The Labute approximate surface area is 99.2 Å². The normalized spacial score (nSPS) is 9.94. The third-order valence-corrected chi connectivity index (χ3v) is 1.97. The van der Waals surface area contributed by atoms with E-state index in [2.05, 4.69) is 9.97 Å². The zero-order valence-electron chi connectivity index (χ0n) is 9.46. The monoisotopic (exact) mass is 231 g/mol. The van der Waals surface area contributed by atoms with Crippen molar-refractivity contribution in [2.75, 3.05) is 12.3 Å². The number of hydrogen-bond donors (Lipinski definition) is 1. The number of benzene rings is 1. The second-order valence-corrected chi connectivity index (χ2v) is 3.29. The second-order valence-electron chi connectivity index (χ2n) is 3.29. The van der Waals surface area contributed by atoms with Crippen molar-refractivity contribution in [1.29, 1.82) is 0 Å². The van der Waals surface area contributed by atoms with Crippen LogP contribution in [0.1, 0.15) is 6.92 Å². The first-order chi connectivity index (χ1) is 8.28. The van der Waals surface area contributed by atoms with E-state index >= 15 is 0 Å². The van der Waals surface area contributed by atoms with E-state index < -0.39 is 0 Å². The number of nitrogens with zero attached hydrogens (tertiary/aromatic N) is 2.